The predicted octanol–water partition coefficient (Wildman–Crippen LogP) is 11.5. The highest BCUT2D eigenvalue weighted by molar-refractivity contribution is 6.05. The fraction of sp³-hybridized carbons (Fsp3) is 0.184. The summed E-state index contributed by atoms with van der Waals surface area (Å²) in [6, 6.07) is 47.7. The molecule has 2 atom stereocenters. The van der Waals surface area contributed by atoms with Crippen LogP contribution in [0.25, 0.3) is 65.9 Å². The van der Waals surface area contributed by atoms with Crippen LogP contribution < -0.4 is 0 Å². The average Bonchev–Trinajstić information content (AvgIpc) is 3.60. The van der Waals surface area contributed by atoms with Crippen LogP contribution in [0.4, 0.5) is 0 Å². The summed E-state index contributed by atoms with van der Waals surface area (Å²) >= 11 is 0. The van der Waals surface area contributed by atoms with Gasteiger partial charge in [-0.05, 0) is 101 Å². The molecule has 2 unspecified atom stereocenters. The summed E-state index contributed by atoms with van der Waals surface area (Å²) in [7, 11) is 0. The van der Waals surface area contributed by atoms with E-state index in [2.05, 4.69) is 133 Å². The van der Waals surface area contributed by atoms with E-state index >= 15 is 0 Å². The minimum atomic E-state index is -0.593. The van der Waals surface area contributed by atoms with E-state index in [1.807, 2.05) is 0 Å². The normalized spacial score (nSPS) is 18.3. The highest BCUT2D eigenvalue weighted by Crippen LogP contribution is 2.63. The number of benzene rings is 6. The number of ketones is 2. The number of Topliss-reactive ketones (excluding diaryl/α,β-unsaturated/α-hetero) is 2. The van der Waals surface area contributed by atoms with Gasteiger partial charge in [0.25, 0.3) is 0 Å². The quantitative estimate of drug-likeness (QED) is 0.160. The first-order valence-corrected chi connectivity index (χ1v) is 18.7. The largest absolute Gasteiger partial charge is 0.300 e. The van der Waals surface area contributed by atoms with Crippen molar-refractivity contribution < 1.29 is 9.59 Å². The topological polar surface area (TPSA) is 59.9 Å². The molecule has 0 bridgehead atoms. The lowest BCUT2D eigenvalue weighted by Crippen LogP contribution is -2.38. The first kappa shape index (κ1) is 31.7. The molecule has 0 fully saturated rings. The van der Waals surface area contributed by atoms with Crippen LogP contribution in [-0.2, 0) is 20.4 Å². The molecule has 256 valence electrons. The van der Waals surface area contributed by atoms with Crippen LogP contribution in [0.5, 0.6) is 0 Å². The smallest absolute Gasteiger partial charge is 0.129 e. The molecular formula is C49H38N2O2. The van der Waals surface area contributed by atoms with Crippen LogP contribution in [0.15, 0.2) is 133 Å². The number of rotatable bonds is 8. The summed E-state index contributed by atoms with van der Waals surface area (Å²) < 4.78 is 0. The van der Waals surface area contributed by atoms with E-state index in [0.29, 0.717) is 32.1 Å². The molecule has 10 rings (SSSR count). The SMILES string of the molecule is CC(=O)CCC1(CC2(CCC(C)=O)c3cc4ccccc4nc3-c3c2ccc2ccccc32)c2cc3ccccc3nc2-c2c1ccc1ccccc21. The van der Waals surface area contributed by atoms with Crippen LogP contribution >= 0.6 is 0 Å². The van der Waals surface area contributed by atoms with E-state index < -0.39 is 10.8 Å². The van der Waals surface area contributed by atoms with E-state index in [0.717, 1.165) is 55.4 Å². The Kier molecular flexibility index (Phi) is 7.04. The zero-order valence-corrected chi connectivity index (χ0v) is 29.9. The van der Waals surface area contributed by atoms with Crippen LogP contribution in [0.2, 0.25) is 0 Å². The van der Waals surface area contributed by atoms with Crippen molar-refractivity contribution in [2.24, 2.45) is 0 Å². The molecule has 8 aromatic rings. The molecule has 0 amide bonds. The monoisotopic (exact) mass is 686 g/mol. The third kappa shape index (κ3) is 4.68. The molecule has 53 heavy (non-hydrogen) atoms. The van der Waals surface area contributed by atoms with Crippen molar-refractivity contribution in [3.8, 4) is 22.5 Å². The molecular weight excluding hydrogens is 649 g/mol. The number of pyridine rings is 2. The molecule has 0 aliphatic heterocycles. The van der Waals surface area contributed by atoms with Gasteiger partial charge in [-0.1, -0.05) is 109 Å². The number of aromatic nitrogens is 2. The van der Waals surface area contributed by atoms with Crippen molar-refractivity contribution in [2.75, 3.05) is 0 Å². The van der Waals surface area contributed by atoms with Gasteiger partial charge in [-0.2, -0.15) is 0 Å². The molecule has 0 saturated carbocycles. The van der Waals surface area contributed by atoms with Gasteiger partial charge in [0.1, 0.15) is 11.6 Å². The number of carbonyl (C=O) groups excluding carboxylic acids is 2. The van der Waals surface area contributed by atoms with E-state index in [1.165, 1.54) is 32.7 Å². The number of nitrogens with zero attached hydrogens (tertiary/aromatic N) is 2. The fourth-order valence-corrected chi connectivity index (χ4v) is 9.87. The Bertz CT molecular complexity index is 2660. The van der Waals surface area contributed by atoms with Crippen LogP contribution in [0, 0.1) is 0 Å². The molecule has 4 heteroatoms. The molecule has 6 aromatic carbocycles. The lowest BCUT2D eigenvalue weighted by Gasteiger charge is -2.42. The number of fused-ring (bicyclic) bond motifs is 12. The number of hydrogen-bond donors (Lipinski definition) is 0. The maximum absolute atomic E-state index is 13.1. The summed E-state index contributed by atoms with van der Waals surface area (Å²) in [5.41, 5.74) is 9.77. The maximum Gasteiger partial charge on any atom is 0.129 e. The number of hydrogen-bond acceptors (Lipinski definition) is 4. The van der Waals surface area contributed by atoms with E-state index in [1.54, 1.807) is 13.8 Å². The molecule has 2 aliphatic rings. The Balaban J connectivity index is 1.34. The molecule has 0 spiro atoms. The highest BCUT2D eigenvalue weighted by atomic mass is 16.1. The summed E-state index contributed by atoms with van der Waals surface area (Å²) in [6.45, 7) is 3.41. The van der Waals surface area contributed by atoms with E-state index in [4.69, 9.17) is 9.97 Å². The minimum absolute atomic E-state index is 0.164. The Morgan fingerprint density at radius 3 is 1.30 bits per heavy atom. The molecule has 2 heterocycles. The molecule has 2 aliphatic carbocycles. The van der Waals surface area contributed by atoms with Crippen LogP contribution in [0.1, 0.15) is 68.2 Å². The minimum Gasteiger partial charge on any atom is -0.300 e. The van der Waals surface area contributed by atoms with Gasteiger partial charge in [0.15, 0.2) is 0 Å². The Morgan fingerprint density at radius 1 is 0.472 bits per heavy atom. The molecule has 0 N–H and O–H groups in total. The van der Waals surface area contributed by atoms with Gasteiger partial charge in [0.2, 0.25) is 0 Å². The molecule has 0 radical (unpaired) electrons. The highest BCUT2D eigenvalue weighted by Gasteiger charge is 2.54. The molecule has 4 nitrogen and oxygen atoms in total. The summed E-state index contributed by atoms with van der Waals surface area (Å²) in [6.07, 6.45) is 2.77. The average molecular weight is 687 g/mol. The number of para-hydroxylation sites is 2. The number of carbonyl (C=O) groups is 2. The van der Waals surface area contributed by atoms with Crippen molar-refractivity contribution in [3.63, 3.8) is 0 Å². The first-order chi connectivity index (χ1) is 25.9. The molecule has 0 saturated heterocycles. The Labute approximate surface area is 308 Å². The predicted molar refractivity (Wildman–Crippen MR) is 215 cm³/mol. The van der Waals surface area contributed by atoms with Crippen LogP contribution in [-0.4, -0.2) is 21.5 Å². The standard InChI is InChI=1S/C49H38N2O2/c1-30(52)23-25-48(38-21-19-32-11-3-7-15-36(32)44(38)46-40(48)27-34-13-5-9-17-42(34)50-46)29-49(26-24-31(2)53)39-22-20-33-12-4-8-16-37(33)45(39)47-41(49)28-35-14-6-10-18-43(35)51-47/h3-22,27-28H,23-26,29H2,1-2H3. The van der Waals surface area contributed by atoms with Crippen molar-refractivity contribution in [3.05, 3.63) is 156 Å². The van der Waals surface area contributed by atoms with Crippen molar-refractivity contribution in [1.29, 1.82) is 0 Å². The third-order valence-electron chi connectivity index (χ3n) is 12.3. The summed E-state index contributed by atoms with van der Waals surface area (Å²) in [5, 5.41) is 6.84. The fourth-order valence-electron chi connectivity index (χ4n) is 9.87. The first-order valence-electron chi connectivity index (χ1n) is 18.7. The Morgan fingerprint density at radius 2 is 0.868 bits per heavy atom. The van der Waals surface area contributed by atoms with Gasteiger partial charge < -0.3 is 9.59 Å². The van der Waals surface area contributed by atoms with Crippen molar-refractivity contribution >= 4 is 54.9 Å². The van der Waals surface area contributed by atoms with Crippen LogP contribution in [0.3, 0.4) is 0 Å². The zero-order chi connectivity index (χ0) is 35.9. The maximum atomic E-state index is 13.1. The van der Waals surface area contributed by atoms with Gasteiger partial charge in [-0.25, -0.2) is 9.97 Å². The second kappa shape index (κ2) is 11.8. The third-order valence-corrected chi connectivity index (χ3v) is 12.3. The van der Waals surface area contributed by atoms with Crippen molar-refractivity contribution in [1.82, 2.24) is 9.97 Å². The van der Waals surface area contributed by atoms with Crippen molar-refractivity contribution in [2.45, 2.75) is 56.8 Å². The van der Waals surface area contributed by atoms with Gasteiger partial charge in [-0.3, -0.25) is 0 Å². The van der Waals surface area contributed by atoms with Gasteiger partial charge in [0.05, 0.1) is 22.4 Å². The van der Waals surface area contributed by atoms with E-state index in [-0.39, 0.29) is 11.6 Å². The summed E-state index contributed by atoms with van der Waals surface area (Å²) in [4.78, 5) is 37.2. The molecule has 2 aromatic heterocycles. The van der Waals surface area contributed by atoms with Gasteiger partial charge in [-0.15, -0.1) is 0 Å². The lowest BCUT2D eigenvalue weighted by atomic mass is 9.59. The Hall–Kier alpha value is -6.00. The second-order valence-corrected chi connectivity index (χ2v) is 15.3. The van der Waals surface area contributed by atoms with E-state index in [9.17, 15) is 9.59 Å². The zero-order valence-electron chi connectivity index (χ0n) is 29.9. The van der Waals surface area contributed by atoms with Gasteiger partial charge in [0, 0.05) is 45.6 Å². The second-order valence-electron chi connectivity index (χ2n) is 15.3. The lowest BCUT2D eigenvalue weighted by molar-refractivity contribution is -0.118. The summed E-state index contributed by atoms with van der Waals surface area (Å²) in [5.74, 6) is 0.329. The van der Waals surface area contributed by atoms with Gasteiger partial charge >= 0.3 is 0 Å².